The molecule has 1 atom stereocenters. The predicted octanol–water partition coefficient (Wildman–Crippen LogP) is 1.57. The number of amides is 1. The molecule has 0 saturated heterocycles. The van der Waals surface area contributed by atoms with Gasteiger partial charge in [0.1, 0.15) is 0 Å². The Balaban J connectivity index is 2.58. The van der Waals surface area contributed by atoms with Gasteiger partial charge in [-0.05, 0) is 18.4 Å². The molecular formula is C14H20N2O4. The van der Waals surface area contributed by atoms with Crippen molar-refractivity contribution in [1.82, 2.24) is 10.3 Å². The average molecular weight is 280 g/mol. The van der Waals surface area contributed by atoms with Crippen molar-refractivity contribution in [2.24, 2.45) is 11.8 Å². The number of pyridine rings is 1. The van der Waals surface area contributed by atoms with E-state index in [1.165, 1.54) is 13.3 Å². The van der Waals surface area contributed by atoms with E-state index in [4.69, 9.17) is 9.84 Å². The van der Waals surface area contributed by atoms with Crippen LogP contribution >= 0.6 is 0 Å². The number of hydrogen-bond acceptors (Lipinski definition) is 4. The lowest BCUT2D eigenvalue weighted by molar-refractivity contribution is -0.142. The molecule has 1 amide bonds. The molecule has 6 nitrogen and oxygen atoms in total. The van der Waals surface area contributed by atoms with Gasteiger partial charge in [0, 0.05) is 18.8 Å². The molecule has 0 aromatic carbocycles. The molecule has 0 aliphatic rings. The number of carboxylic acid groups (broad SMARTS) is 1. The van der Waals surface area contributed by atoms with E-state index in [0.717, 1.165) is 0 Å². The number of nitrogens with zero attached hydrogens (tertiary/aromatic N) is 1. The molecule has 1 aromatic heterocycles. The van der Waals surface area contributed by atoms with Crippen molar-refractivity contribution in [2.75, 3.05) is 13.7 Å². The summed E-state index contributed by atoms with van der Waals surface area (Å²) in [7, 11) is 1.49. The molecule has 20 heavy (non-hydrogen) atoms. The minimum atomic E-state index is -0.896. The lowest BCUT2D eigenvalue weighted by Crippen LogP contribution is -2.33. The zero-order chi connectivity index (χ0) is 15.1. The number of hydrogen-bond donors (Lipinski definition) is 2. The van der Waals surface area contributed by atoms with Gasteiger partial charge in [-0.25, -0.2) is 4.98 Å². The maximum absolute atomic E-state index is 11.9. The van der Waals surface area contributed by atoms with E-state index in [1.54, 1.807) is 12.1 Å². The molecule has 1 heterocycles. The van der Waals surface area contributed by atoms with Crippen molar-refractivity contribution in [3.63, 3.8) is 0 Å². The van der Waals surface area contributed by atoms with Crippen LogP contribution in [0.3, 0.4) is 0 Å². The first-order chi connectivity index (χ1) is 9.43. The van der Waals surface area contributed by atoms with Crippen LogP contribution in [0.5, 0.6) is 5.88 Å². The first-order valence-corrected chi connectivity index (χ1v) is 6.45. The van der Waals surface area contributed by atoms with E-state index in [-0.39, 0.29) is 18.4 Å². The Kier molecular flexibility index (Phi) is 5.96. The van der Waals surface area contributed by atoms with Crippen molar-refractivity contribution in [3.05, 3.63) is 23.9 Å². The van der Waals surface area contributed by atoms with Crippen molar-refractivity contribution in [3.8, 4) is 5.88 Å². The fourth-order valence-corrected chi connectivity index (χ4v) is 1.79. The second kappa shape index (κ2) is 7.47. The molecule has 0 radical (unpaired) electrons. The number of methoxy groups -OCH3 is 1. The third-order valence-corrected chi connectivity index (χ3v) is 2.82. The van der Waals surface area contributed by atoms with Crippen molar-refractivity contribution < 1.29 is 19.4 Å². The SMILES string of the molecule is COc1ccc(C(=O)NCC(CC(C)C)C(=O)O)cn1. The Morgan fingerprint density at radius 1 is 1.40 bits per heavy atom. The van der Waals surface area contributed by atoms with Gasteiger partial charge in [0.25, 0.3) is 5.91 Å². The molecule has 0 spiro atoms. The monoisotopic (exact) mass is 280 g/mol. The van der Waals surface area contributed by atoms with E-state index >= 15 is 0 Å². The first-order valence-electron chi connectivity index (χ1n) is 6.45. The van der Waals surface area contributed by atoms with Crippen molar-refractivity contribution in [2.45, 2.75) is 20.3 Å². The predicted molar refractivity (Wildman–Crippen MR) is 73.7 cm³/mol. The number of aromatic nitrogens is 1. The van der Waals surface area contributed by atoms with Gasteiger partial charge in [-0.3, -0.25) is 9.59 Å². The van der Waals surface area contributed by atoms with E-state index in [9.17, 15) is 9.59 Å². The van der Waals surface area contributed by atoms with Crippen LogP contribution in [0.1, 0.15) is 30.6 Å². The Morgan fingerprint density at radius 3 is 2.55 bits per heavy atom. The summed E-state index contributed by atoms with van der Waals surface area (Å²) in [6.45, 7) is 4.01. The zero-order valence-corrected chi connectivity index (χ0v) is 11.9. The quantitative estimate of drug-likeness (QED) is 0.791. The van der Waals surface area contributed by atoms with Crippen LogP contribution in [0.2, 0.25) is 0 Å². The van der Waals surface area contributed by atoms with E-state index in [2.05, 4.69) is 10.3 Å². The fraction of sp³-hybridized carbons (Fsp3) is 0.500. The summed E-state index contributed by atoms with van der Waals surface area (Å²) in [5.74, 6) is -1.13. The molecule has 110 valence electrons. The topological polar surface area (TPSA) is 88.5 Å². The molecule has 0 aliphatic carbocycles. The molecule has 6 heteroatoms. The molecule has 0 fully saturated rings. The largest absolute Gasteiger partial charge is 0.481 e. The van der Waals surface area contributed by atoms with Crippen molar-refractivity contribution >= 4 is 11.9 Å². The van der Waals surface area contributed by atoms with Gasteiger partial charge in [-0.15, -0.1) is 0 Å². The van der Waals surface area contributed by atoms with Gasteiger partial charge >= 0.3 is 5.97 Å². The van der Waals surface area contributed by atoms with Gasteiger partial charge in [-0.2, -0.15) is 0 Å². The third kappa shape index (κ3) is 4.87. The molecular weight excluding hydrogens is 260 g/mol. The summed E-state index contributed by atoms with van der Waals surface area (Å²) in [5, 5.41) is 11.7. The number of carbonyl (C=O) groups excluding carboxylic acids is 1. The van der Waals surface area contributed by atoms with Gasteiger partial charge < -0.3 is 15.2 Å². The minimum Gasteiger partial charge on any atom is -0.481 e. The fourth-order valence-electron chi connectivity index (χ4n) is 1.79. The van der Waals surface area contributed by atoms with Crippen LogP contribution in [0, 0.1) is 11.8 Å². The lowest BCUT2D eigenvalue weighted by Gasteiger charge is -2.15. The van der Waals surface area contributed by atoms with Crippen molar-refractivity contribution in [1.29, 1.82) is 0 Å². The number of rotatable bonds is 7. The lowest BCUT2D eigenvalue weighted by atomic mass is 9.97. The van der Waals surface area contributed by atoms with E-state index in [1.807, 2.05) is 13.8 Å². The molecule has 1 aromatic rings. The maximum Gasteiger partial charge on any atom is 0.308 e. The van der Waals surface area contributed by atoms with Crippen LogP contribution in [-0.4, -0.2) is 35.6 Å². The highest BCUT2D eigenvalue weighted by molar-refractivity contribution is 5.94. The highest BCUT2D eigenvalue weighted by Gasteiger charge is 2.20. The maximum atomic E-state index is 11.9. The standard InChI is InChI=1S/C14H20N2O4/c1-9(2)6-11(14(18)19)8-16-13(17)10-4-5-12(20-3)15-7-10/h4-5,7,9,11H,6,8H2,1-3H3,(H,16,17)(H,18,19). The molecule has 0 bridgehead atoms. The zero-order valence-electron chi connectivity index (χ0n) is 11.9. The second-order valence-electron chi connectivity index (χ2n) is 4.96. The summed E-state index contributed by atoms with van der Waals surface area (Å²) in [4.78, 5) is 26.9. The van der Waals surface area contributed by atoms with Crippen LogP contribution in [0.15, 0.2) is 18.3 Å². The Labute approximate surface area is 118 Å². The normalized spacial score (nSPS) is 12.0. The number of ether oxygens (including phenoxy) is 1. The molecule has 0 aliphatic heterocycles. The van der Waals surface area contributed by atoms with Gasteiger partial charge in [0.15, 0.2) is 0 Å². The van der Waals surface area contributed by atoms with Gasteiger partial charge in [0.2, 0.25) is 5.88 Å². The third-order valence-electron chi connectivity index (χ3n) is 2.82. The molecule has 0 saturated carbocycles. The Bertz CT molecular complexity index is 457. The van der Waals surface area contributed by atoms with Gasteiger partial charge in [0.05, 0.1) is 18.6 Å². The van der Waals surface area contributed by atoms with Crippen LogP contribution in [0.4, 0.5) is 0 Å². The number of nitrogens with one attached hydrogen (secondary N) is 1. The van der Waals surface area contributed by atoms with Crippen LogP contribution in [0.25, 0.3) is 0 Å². The van der Waals surface area contributed by atoms with Crippen LogP contribution < -0.4 is 10.1 Å². The smallest absolute Gasteiger partial charge is 0.308 e. The molecule has 1 unspecified atom stereocenters. The molecule has 1 rings (SSSR count). The van der Waals surface area contributed by atoms with E-state index < -0.39 is 11.9 Å². The number of carbonyl (C=O) groups is 2. The number of carboxylic acids is 1. The Hall–Kier alpha value is -2.11. The average Bonchev–Trinajstić information content (AvgIpc) is 2.42. The highest BCUT2D eigenvalue weighted by Crippen LogP contribution is 2.12. The summed E-state index contributed by atoms with van der Waals surface area (Å²) in [5.41, 5.74) is 0.375. The van der Waals surface area contributed by atoms with Gasteiger partial charge in [-0.1, -0.05) is 13.8 Å². The van der Waals surface area contributed by atoms with Crippen LogP contribution in [-0.2, 0) is 4.79 Å². The highest BCUT2D eigenvalue weighted by atomic mass is 16.5. The first kappa shape index (κ1) is 15.9. The summed E-state index contributed by atoms with van der Waals surface area (Å²) >= 11 is 0. The summed E-state index contributed by atoms with van der Waals surface area (Å²) in [6, 6.07) is 3.16. The Morgan fingerprint density at radius 2 is 2.10 bits per heavy atom. The number of aliphatic carboxylic acids is 1. The second-order valence-corrected chi connectivity index (χ2v) is 4.96. The minimum absolute atomic E-state index is 0.109. The summed E-state index contributed by atoms with van der Waals surface area (Å²) < 4.78 is 4.90. The summed E-state index contributed by atoms with van der Waals surface area (Å²) in [6.07, 6.45) is 1.92. The van der Waals surface area contributed by atoms with E-state index in [0.29, 0.717) is 17.9 Å². The molecule has 2 N–H and O–H groups in total.